The summed E-state index contributed by atoms with van der Waals surface area (Å²) in [4.78, 5) is 1.49. The van der Waals surface area contributed by atoms with E-state index in [0.717, 1.165) is 0 Å². The van der Waals surface area contributed by atoms with Crippen LogP contribution in [0.2, 0.25) is 0 Å². The lowest BCUT2D eigenvalue weighted by Gasteiger charge is -2.28. The zero-order chi connectivity index (χ0) is 10.9. The number of aliphatic hydroxyl groups is 1. The molecule has 1 aliphatic carbocycles. The summed E-state index contributed by atoms with van der Waals surface area (Å²) in [5.74, 6) is 2.73. The highest BCUT2D eigenvalue weighted by molar-refractivity contribution is 8.00. The second-order valence-electron chi connectivity index (χ2n) is 5.13. The van der Waals surface area contributed by atoms with E-state index < -0.39 is 0 Å². The second-order valence-corrected chi connectivity index (χ2v) is 7.41. The van der Waals surface area contributed by atoms with Crippen molar-refractivity contribution < 1.29 is 5.11 Å². The number of allylic oxidation sites excluding steroid dienone is 1. The molecule has 1 heterocycles. The van der Waals surface area contributed by atoms with Gasteiger partial charge in [0.25, 0.3) is 0 Å². The van der Waals surface area contributed by atoms with Gasteiger partial charge >= 0.3 is 0 Å². The van der Waals surface area contributed by atoms with Gasteiger partial charge in [0.2, 0.25) is 0 Å². The molecule has 84 valence electrons. The van der Waals surface area contributed by atoms with Gasteiger partial charge in [-0.05, 0) is 31.4 Å². The van der Waals surface area contributed by atoms with Crippen LogP contribution in [-0.2, 0) is 10.9 Å². The molecule has 2 aliphatic rings. The van der Waals surface area contributed by atoms with E-state index in [1.165, 1.54) is 35.7 Å². The Labute approximate surface area is 95.6 Å². The van der Waals surface area contributed by atoms with Crippen LogP contribution in [0.4, 0.5) is 0 Å². The summed E-state index contributed by atoms with van der Waals surface area (Å²) < 4.78 is 0. The molecule has 1 nitrogen and oxygen atoms in total. The summed E-state index contributed by atoms with van der Waals surface area (Å²) >= 11 is 0. The molecule has 0 radical (unpaired) electrons. The number of hydrogen-bond donors (Lipinski definition) is 1. The summed E-state index contributed by atoms with van der Waals surface area (Å²) in [5, 5.41) is 9.82. The monoisotopic (exact) mass is 225 g/mol. The Kier molecular flexibility index (Phi) is 3.27. The Balaban J connectivity index is 2.12. The van der Waals surface area contributed by atoms with Crippen LogP contribution in [0, 0.1) is 5.41 Å². The minimum atomic E-state index is -0.311. The fourth-order valence-electron chi connectivity index (χ4n) is 2.18. The van der Waals surface area contributed by atoms with Crippen molar-refractivity contribution in [3.63, 3.8) is 0 Å². The van der Waals surface area contributed by atoms with Crippen molar-refractivity contribution in [3.05, 3.63) is 23.1 Å². The van der Waals surface area contributed by atoms with E-state index in [9.17, 15) is 5.11 Å². The third-order valence-corrected chi connectivity index (χ3v) is 5.82. The average molecular weight is 225 g/mol. The maximum Gasteiger partial charge on any atom is 0.151 e. The molecular weight excluding hydrogens is 204 g/mol. The Morgan fingerprint density at radius 2 is 1.93 bits per heavy atom. The van der Waals surface area contributed by atoms with Crippen LogP contribution in [0.3, 0.4) is 0 Å². The van der Waals surface area contributed by atoms with Gasteiger partial charge in [0.15, 0.2) is 4.91 Å². The van der Waals surface area contributed by atoms with Gasteiger partial charge < -0.3 is 5.11 Å². The van der Waals surface area contributed by atoms with Gasteiger partial charge in [0.1, 0.15) is 11.5 Å². The molecule has 1 aliphatic heterocycles. The van der Waals surface area contributed by atoms with Crippen LogP contribution in [0.25, 0.3) is 0 Å². The molecule has 0 saturated carbocycles. The van der Waals surface area contributed by atoms with Crippen molar-refractivity contribution in [1.29, 1.82) is 0 Å². The molecule has 0 amide bonds. The van der Waals surface area contributed by atoms with Gasteiger partial charge in [0.05, 0.1) is 6.10 Å². The lowest BCUT2D eigenvalue weighted by Crippen LogP contribution is -2.30. The first kappa shape index (κ1) is 11.3. The van der Waals surface area contributed by atoms with Crippen LogP contribution in [0.5, 0.6) is 0 Å². The maximum atomic E-state index is 9.82. The van der Waals surface area contributed by atoms with Crippen LogP contribution in [0.1, 0.15) is 33.1 Å². The normalized spacial score (nSPS) is 31.4. The summed E-state index contributed by atoms with van der Waals surface area (Å²) in [7, 11) is 0.471. The van der Waals surface area contributed by atoms with Gasteiger partial charge in [-0.1, -0.05) is 19.9 Å². The van der Waals surface area contributed by atoms with Gasteiger partial charge in [-0.2, -0.15) is 0 Å². The Morgan fingerprint density at radius 3 is 2.53 bits per heavy atom. The fraction of sp³-hybridized carbons (Fsp3) is 0.692. The highest BCUT2D eigenvalue weighted by Crippen LogP contribution is 2.33. The van der Waals surface area contributed by atoms with Crippen molar-refractivity contribution in [1.82, 2.24) is 0 Å². The van der Waals surface area contributed by atoms with Gasteiger partial charge in [-0.15, -0.1) is 0 Å². The highest BCUT2D eigenvalue weighted by Gasteiger charge is 2.34. The third kappa shape index (κ3) is 2.48. The first-order chi connectivity index (χ1) is 7.09. The topological polar surface area (TPSA) is 20.2 Å². The molecule has 0 aromatic carbocycles. The molecule has 0 bridgehead atoms. The SMILES string of the molecule is CC1(C)C=C([S+]2CCCCC2)C=CC1O. The second kappa shape index (κ2) is 4.34. The quantitative estimate of drug-likeness (QED) is 0.680. The lowest BCUT2D eigenvalue weighted by atomic mass is 9.83. The highest BCUT2D eigenvalue weighted by atomic mass is 32.2. The summed E-state index contributed by atoms with van der Waals surface area (Å²) in [6.45, 7) is 4.24. The predicted molar refractivity (Wildman–Crippen MR) is 68.0 cm³/mol. The van der Waals surface area contributed by atoms with E-state index in [4.69, 9.17) is 0 Å². The summed E-state index contributed by atoms with van der Waals surface area (Å²) in [6, 6.07) is 0. The van der Waals surface area contributed by atoms with Gasteiger partial charge in [-0.3, -0.25) is 0 Å². The largest absolute Gasteiger partial charge is 0.388 e. The average Bonchev–Trinajstić information content (AvgIpc) is 2.23. The Morgan fingerprint density at radius 1 is 1.27 bits per heavy atom. The van der Waals surface area contributed by atoms with Gasteiger partial charge in [-0.25, -0.2) is 0 Å². The molecule has 2 heteroatoms. The van der Waals surface area contributed by atoms with Crippen molar-refractivity contribution in [3.8, 4) is 0 Å². The van der Waals surface area contributed by atoms with Crippen LogP contribution >= 0.6 is 0 Å². The van der Waals surface area contributed by atoms with E-state index >= 15 is 0 Å². The molecule has 0 spiro atoms. The van der Waals surface area contributed by atoms with Crippen LogP contribution in [0.15, 0.2) is 23.1 Å². The van der Waals surface area contributed by atoms with Crippen molar-refractivity contribution in [2.45, 2.75) is 39.2 Å². The first-order valence-electron chi connectivity index (χ1n) is 5.86. The van der Waals surface area contributed by atoms with E-state index in [1.807, 2.05) is 6.08 Å². The Bertz CT molecular complexity index is 285. The molecule has 1 N–H and O–H groups in total. The molecule has 1 fully saturated rings. The smallest absolute Gasteiger partial charge is 0.151 e. The van der Waals surface area contributed by atoms with Gasteiger partial charge in [0, 0.05) is 16.3 Å². The molecular formula is C13H21OS+. The molecule has 0 aromatic rings. The van der Waals surface area contributed by atoms with E-state index in [1.54, 1.807) is 0 Å². The lowest BCUT2D eigenvalue weighted by molar-refractivity contribution is 0.124. The molecule has 0 aromatic heterocycles. The zero-order valence-corrected chi connectivity index (χ0v) is 10.5. The minimum absolute atomic E-state index is 0.0749. The minimum Gasteiger partial charge on any atom is -0.388 e. The number of aliphatic hydroxyl groups excluding tert-OH is 1. The number of rotatable bonds is 1. The van der Waals surface area contributed by atoms with Crippen molar-refractivity contribution >= 4 is 10.9 Å². The first-order valence-corrected chi connectivity index (χ1v) is 7.42. The summed E-state index contributed by atoms with van der Waals surface area (Å²) in [5.41, 5.74) is -0.0749. The molecule has 1 unspecified atom stereocenters. The van der Waals surface area contributed by atoms with Crippen molar-refractivity contribution in [2.24, 2.45) is 5.41 Å². The standard InChI is InChI=1S/C13H21OS/c1-13(2)10-11(6-7-12(13)14)15-8-4-3-5-9-15/h6-7,10,12,14H,3-5,8-9H2,1-2H3/q+1. The zero-order valence-electron chi connectivity index (χ0n) is 9.70. The van der Waals surface area contributed by atoms with Crippen LogP contribution in [-0.4, -0.2) is 22.7 Å². The molecule has 15 heavy (non-hydrogen) atoms. The molecule has 2 rings (SSSR count). The van der Waals surface area contributed by atoms with E-state index in [2.05, 4.69) is 26.0 Å². The number of hydrogen-bond acceptors (Lipinski definition) is 1. The molecule has 1 atom stereocenters. The van der Waals surface area contributed by atoms with E-state index in [0.29, 0.717) is 10.9 Å². The van der Waals surface area contributed by atoms with Crippen LogP contribution < -0.4 is 0 Å². The predicted octanol–water partition coefficient (Wildman–Crippen LogP) is 2.63. The van der Waals surface area contributed by atoms with Crippen molar-refractivity contribution in [2.75, 3.05) is 11.5 Å². The molecule has 1 saturated heterocycles. The summed E-state index contributed by atoms with van der Waals surface area (Å²) in [6.07, 6.45) is 10.3. The maximum absolute atomic E-state index is 9.82. The Hall–Kier alpha value is -0.210. The van der Waals surface area contributed by atoms with E-state index in [-0.39, 0.29) is 11.5 Å². The third-order valence-electron chi connectivity index (χ3n) is 3.33. The fourth-order valence-corrected chi connectivity index (χ4v) is 4.70.